The van der Waals surface area contributed by atoms with Gasteiger partial charge in [-0.3, -0.25) is 0 Å². The van der Waals surface area contributed by atoms with Gasteiger partial charge in [-0.25, -0.2) is 0 Å². The van der Waals surface area contributed by atoms with E-state index in [9.17, 15) is 0 Å². The number of anilines is 1. The van der Waals surface area contributed by atoms with E-state index in [0.717, 1.165) is 35.9 Å². The molecule has 3 nitrogen and oxygen atoms in total. The first kappa shape index (κ1) is 13.8. The van der Waals surface area contributed by atoms with Gasteiger partial charge in [0.2, 0.25) is 0 Å². The van der Waals surface area contributed by atoms with Crippen LogP contribution in [0, 0.1) is 5.41 Å². The van der Waals surface area contributed by atoms with E-state index in [4.69, 9.17) is 23.2 Å². The molecule has 2 rings (SSSR count). The Morgan fingerprint density at radius 3 is 2.50 bits per heavy atom. The Balaban J connectivity index is 2.25. The second kappa shape index (κ2) is 5.19. The van der Waals surface area contributed by atoms with Crippen molar-refractivity contribution >= 4 is 51.7 Å². The van der Waals surface area contributed by atoms with Gasteiger partial charge in [0, 0.05) is 6.54 Å². The zero-order valence-corrected chi connectivity index (χ0v) is 12.9. The number of benzene rings is 1. The first-order valence-electron chi connectivity index (χ1n) is 5.72. The van der Waals surface area contributed by atoms with Crippen molar-refractivity contribution in [2.45, 2.75) is 27.2 Å². The zero-order valence-electron chi connectivity index (χ0n) is 10.6. The summed E-state index contributed by atoms with van der Waals surface area (Å²) >= 11 is 13.4. The SMILES string of the molecule is CC(C)(C)CCNc1c(Cl)cc(Cl)c2nsnc12. The maximum absolute atomic E-state index is 6.21. The van der Waals surface area contributed by atoms with E-state index in [0.29, 0.717) is 15.6 Å². The molecule has 1 N–H and O–H groups in total. The molecule has 0 unspecified atom stereocenters. The average molecular weight is 304 g/mol. The lowest BCUT2D eigenvalue weighted by atomic mass is 9.92. The lowest BCUT2D eigenvalue weighted by molar-refractivity contribution is 0.390. The van der Waals surface area contributed by atoms with Crippen molar-refractivity contribution in [1.82, 2.24) is 8.75 Å². The molecule has 0 saturated heterocycles. The van der Waals surface area contributed by atoms with E-state index in [1.54, 1.807) is 6.07 Å². The van der Waals surface area contributed by atoms with Gasteiger partial charge in [0.25, 0.3) is 0 Å². The molecule has 18 heavy (non-hydrogen) atoms. The highest BCUT2D eigenvalue weighted by molar-refractivity contribution is 7.00. The van der Waals surface area contributed by atoms with Crippen LogP contribution in [0.25, 0.3) is 11.0 Å². The van der Waals surface area contributed by atoms with Gasteiger partial charge in [0.1, 0.15) is 11.0 Å². The fourth-order valence-corrected chi connectivity index (χ4v) is 2.78. The third-order valence-electron chi connectivity index (χ3n) is 2.62. The van der Waals surface area contributed by atoms with Crippen LogP contribution in [0.15, 0.2) is 6.07 Å². The minimum absolute atomic E-state index is 0.283. The third kappa shape index (κ3) is 3.05. The van der Waals surface area contributed by atoms with E-state index in [1.807, 2.05) is 0 Å². The normalized spacial score (nSPS) is 12.1. The summed E-state index contributed by atoms with van der Waals surface area (Å²) in [6.07, 6.45) is 1.05. The summed E-state index contributed by atoms with van der Waals surface area (Å²) < 4.78 is 8.43. The summed E-state index contributed by atoms with van der Waals surface area (Å²) in [6.45, 7) is 7.46. The molecule has 0 atom stereocenters. The van der Waals surface area contributed by atoms with Crippen molar-refractivity contribution in [3.8, 4) is 0 Å². The Morgan fingerprint density at radius 1 is 1.17 bits per heavy atom. The summed E-state index contributed by atoms with van der Waals surface area (Å²) in [5.41, 5.74) is 2.58. The van der Waals surface area contributed by atoms with Gasteiger partial charge in [0.05, 0.1) is 27.5 Å². The summed E-state index contributed by atoms with van der Waals surface area (Å²) in [5.74, 6) is 0. The molecule has 1 aromatic carbocycles. The lowest BCUT2D eigenvalue weighted by Crippen LogP contribution is -2.13. The number of fused-ring (bicyclic) bond motifs is 1. The molecule has 1 heterocycles. The molecule has 0 radical (unpaired) electrons. The molecule has 0 spiro atoms. The van der Waals surface area contributed by atoms with Crippen LogP contribution in [0.3, 0.4) is 0 Å². The van der Waals surface area contributed by atoms with Crippen molar-refractivity contribution in [3.05, 3.63) is 16.1 Å². The number of hydrogen-bond acceptors (Lipinski definition) is 4. The Labute approximate surface area is 121 Å². The Morgan fingerprint density at radius 2 is 1.83 bits per heavy atom. The molecule has 0 saturated carbocycles. The van der Waals surface area contributed by atoms with E-state index in [-0.39, 0.29) is 5.41 Å². The molecular weight excluding hydrogens is 289 g/mol. The second-order valence-corrected chi connectivity index (χ2v) is 6.76. The van der Waals surface area contributed by atoms with Crippen molar-refractivity contribution in [2.24, 2.45) is 5.41 Å². The highest BCUT2D eigenvalue weighted by Crippen LogP contribution is 2.35. The van der Waals surface area contributed by atoms with Crippen molar-refractivity contribution in [3.63, 3.8) is 0 Å². The van der Waals surface area contributed by atoms with Crippen LogP contribution >= 0.6 is 34.9 Å². The quantitative estimate of drug-likeness (QED) is 0.881. The first-order chi connectivity index (χ1) is 8.38. The third-order valence-corrected chi connectivity index (χ3v) is 3.74. The molecule has 1 aromatic heterocycles. The Hall–Kier alpha value is -0.580. The van der Waals surface area contributed by atoms with Crippen LogP contribution in [0.1, 0.15) is 27.2 Å². The van der Waals surface area contributed by atoms with Crippen LogP contribution in [0.2, 0.25) is 10.0 Å². The van der Waals surface area contributed by atoms with E-state index >= 15 is 0 Å². The topological polar surface area (TPSA) is 37.8 Å². The van der Waals surface area contributed by atoms with Crippen molar-refractivity contribution < 1.29 is 0 Å². The van der Waals surface area contributed by atoms with Gasteiger partial charge in [-0.1, -0.05) is 44.0 Å². The molecule has 2 aromatic rings. The maximum Gasteiger partial charge on any atom is 0.130 e. The summed E-state index contributed by atoms with van der Waals surface area (Å²) in [4.78, 5) is 0. The monoisotopic (exact) mass is 303 g/mol. The van der Waals surface area contributed by atoms with Crippen LogP contribution in [-0.2, 0) is 0 Å². The number of halogens is 2. The van der Waals surface area contributed by atoms with Gasteiger partial charge in [-0.15, -0.1) is 0 Å². The number of nitrogens with zero attached hydrogens (tertiary/aromatic N) is 2. The number of nitrogens with one attached hydrogen (secondary N) is 1. The predicted octanol–water partition coefficient (Wildman–Crippen LogP) is 4.85. The number of aromatic nitrogens is 2. The highest BCUT2D eigenvalue weighted by Gasteiger charge is 2.15. The Bertz CT molecular complexity index is 560. The smallest absolute Gasteiger partial charge is 0.130 e. The molecule has 0 aliphatic rings. The molecule has 0 amide bonds. The fourth-order valence-electron chi connectivity index (χ4n) is 1.60. The van der Waals surface area contributed by atoms with Crippen LogP contribution in [0.5, 0.6) is 0 Å². The van der Waals surface area contributed by atoms with Crippen LogP contribution < -0.4 is 5.32 Å². The van der Waals surface area contributed by atoms with Gasteiger partial charge >= 0.3 is 0 Å². The largest absolute Gasteiger partial charge is 0.382 e. The van der Waals surface area contributed by atoms with Gasteiger partial charge in [-0.2, -0.15) is 8.75 Å². The first-order valence-corrected chi connectivity index (χ1v) is 7.21. The predicted molar refractivity (Wildman–Crippen MR) is 80.0 cm³/mol. The van der Waals surface area contributed by atoms with Crippen LogP contribution in [-0.4, -0.2) is 15.3 Å². The fraction of sp³-hybridized carbons (Fsp3) is 0.500. The number of hydrogen-bond donors (Lipinski definition) is 1. The van der Waals surface area contributed by atoms with Crippen molar-refractivity contribution in [2.75, 3.05) is 11.9 Å². The Kier molecular flexibility index (Phi) is 3.99. The molecular formula is C12H15Cl2N3S. The van der Waals surface area contributed by atoms with Crippen molar-refractivity contribution in [1.29, 1.82) is 0 Å². The molecule has 0 bridgehead atoms. The summed E-state index contributed by atoms with van der Waals surface area (Å²) in [6, 6.07) is 1.71. The summed E-state index contributed by atoms with van der Waals surface area (Å²) in [7, 11) is 0. The molecule has 98 valence electrons. The molecule has 0 fully saturated rings. The highest BCUT2D eigenvalue weighted by atomic mass is 35.5. The van der Waals surface area contributed by atoms with E-state index in [1.165, 1.54) is 0 Å². The van der Waals surface area contributed by atoms with Gasteiger partial charge in [-0.05, 0) is 17.9 Å². The second-order valence-electron chi connectivity index (χ2n) is 5.41. The van der Waals surface area contributed by atoms with Gasteiger partial charge < -0.3 is 5.32 Å². The summed E-state index contributed by atoms with van der Waals surface area (Å²) in [5, 5.41) is 4.48. The average Bonchev–Trinajstić information content (AvgIpc) is 2.70. The minimum atomic E-state index is 0.283. The minimum Gasteiger partial charge on any atom is -0.382 e. The molecule has 6 heteroatoms. The lowest BCUT2D eigenvalue weighted by Gasteiger charge is -2.19. The van der Waals surface area contributed by atoms with E-state index in [2.05, 4.69) is 34.8 Å². The zero-order chi connectivity index (χ0) is 13.3. The molecule has 0 aliphatic heterocycles. The van der Waals surface area contributed by atoms with E-state index < -0.39 is 0 Å². The molecule has 0 aliphatic carbocycles. The maximum atomic E-state index is 6.21. The standard InChI is InChI=1S/C12H15Cl2N3S/c1-12(2,3)4-5-15-9-7(13)6-8(14)10-11(9)17-18-16-10/h6,15H,4-5H2,1-3H3. The van der Waals surface area contributed by atoms with Gasteiger partial charge in [0.15, 0.2) is 0 Å². The van der Waals surface area contributed by atoms with Crippen LogP contribution in [0.4, 0.5) is 5.69 Å². The number of rotatable bonds is 3.